The Kier molecular flexibility index (Phi) is 6.00. The van der Waals surface area contributed by atoms with Gasteiger partial charge in [-0.1, -0.05) is 19.1 Å². The number of rotatable bonds is 7. The van der Waals surface area contributed by atoms with Crippen LogP contribution in [0.5, 0.6) is 5.75 Å². The van der Waals surface area contributed by atoms with Gasteiger partial charge in [-0.2, -0.15) is 10.1 Å². The van der Waals surface area contributed by atoms with Crippen molar-refractivity contribution in [1.82, 2.24) is 20.1 Å². The van der Waals surface area contributed by atoms with Crippen molar-refractivity contribution in [2.75, 3.05) is 56.6 Å². The van der Waals surface area contributed by atoms with Gasteiger partial charge in [-0.05, 0) is 30.7 Å². The van der Waals surface area contributed by atoms with E-state index in [4.69, 9.17) is 4.74 Å². The molecule has 0 amide bonds. The summed E-state index contributed by atoms with van der Waals surface area (Å²) in [4.78, 5) is 9.32. The lowest BCUT2D eigenvalue weighted by Crippen LogP contribution is -2.46. The van der Waals surface area contributed by atoms with Crippen molar-refractivity contribution in [1.29, 1.82) is 0 Å². The molecule has 7 heteroatoms. The van der Waals surface area contributed by atoms with E-state index in [1.54, 1.807) is 13.3 Å². The predicted molar refractivity (Wildman–Crippen MR) is 99.3 cm³/mol. The van der Waals surface area contributed by atoms with E-state index in [0.717, 1.165) is 57.3 Å². The Hall–Kier alpha value is -2.41. The molecule has 3 rings (SSSR count). The third kappa shape index (κ3) is 4.79. The summed E-state index contributed by atoms with van der Waals surface area (Å²) in [7, 11) is 1.68. The number of likely N-dealkylation sites (N-methyl/N-ethyl adjacent to an activating group) is 1. The monoisotopic (exact) mass is 342 g/mol. The van der Waals surface area contributed by atoms with Crippen LogP contribution in [0.1, 0.15) is 12.5 Å². The van der Waals surface area contributed by atoms with Crippen LogP contribution in [-0.2, 0) is 6.42 Å². The minimum atomic E-state index is 0.582. The Bertz CT molecular complexity index is 672. The zero-order valence-electron chi connectivity index (χ0n) is 15.0. The highest BCUT2D eigenvalue weighted by Gasteiger charge is 2.17. The second kappa shape index (κ2) is 8.62. The van der Waals surface area contributed by atoms with Crippen LogP contribution in [-0.4, -0.2) is 66.5 Å². The number of piperazine rings is 1. The second-order valence-corrected chi connectivity index (χ2v) is 6.09. The Balaban J connectivity index is 1.53. The second-order valence-electron chi connectivity index (χ2n) is 6.09. The van der Waals surface area contributed by atoms with E-state index in [1.807, 2.05) is 18.2 Å². The van der Waals surface area contributed by atoms with E-state index in [0.29, 0.717) is 5.95 Å². The maximum absolute atomic E-state index is 5.25. The number of ether oxygens (including phenoxy) is 1. The summed E-state index contributed by atoms with van der Waals surface area (Å²) in [5.41, 5.74) is 1.21. The Labute approximate surface area is 149 Å². The fourth-order valence-corrected chi connectivity index (χ4v) is 2.96. The van der Waals surface area contributed by atoms with Gasteiger partial charge in [0.15, 0.2) is 5.82 Å². The van der Waals surface area contributed by atoms with Crippen molar-refractivity contribution in [2.24, 2.45) is 0 Å². The third-order valence-electron chi connectivity index (χ3n) is 4.52. The molecule has 1 aliphatic heterocycles. The summed E-state index contributed by atoms with van der Waals surface area (Å²) < 4.78 is 5.25. The molecule has 1 aliphatic rings. The first kappa shape index (κ1) is 17.4. The highest BCUT2D eigenvalue weighted by atomic mass is 16.5. The lowest BCUT2D eigenvalue weighted by atomic mass is 10.1. The largest absolute Gasteiger partial charge is 0.497 e. The first-order chi connectivity index (χ1) is 12.3. The summed E-state index contributed by atoms with van der Waals surface area (Å²) in [5, 5.41) is 11.5. The van der Waals surface area contributed by atoms with Crippen LogP contribution in [0.25, 0.3) is 0 Å². The molecule has 2 aromatic rings. The van der Waals surface area contributed by atoms with Gasteiger partial charge in [0.25, 0.3) is 0 Å². The summed E-state index contributed by atoms with van der Waals surface area (Å²) in [6.45, 7) is 8.16. The van der Waals surface area contributed by atoms with E-state index < -0.39 is 0 Å². The molecule has 1 saturated heterocycles. The fourth-order valence-electron chi connectivity index (χ4n) is 2.96. The highest BCUT2D eigenvalue weighted by Crippen LogP contribution is 2.15. The maximum Gasteiger partial charge on any atom is 0.244 e. The van der Waals surface area contributed by atoms with Gasteiger partial charge in [0.05, 0.1) is 13.3 Å². The number of nitrogens with zero attached hydrogens (tertiary/aromatic N) is 5. The fraction of sp³-hybridized carbons (Fsp3) is 0.500. The first-order valence-electron chi connectivity index (χ1n) is 8.82. The molecule has 0 bridgehead atoms. The number of benzene rings is 1. The van der Waals surface area contributed by atoms with E-state index in [-0.39, 0.29) is 0 Å². The van der Waals surface area contributed by atoms with Gasteiger partial charge in [-0.25, -0.2) is 0 Å². The lowest BCUT2D eigenvalue weighted by Gasteiger charge is -2.34. The molecule has 0 spiro atoms. The smallest absolute Gasteiger partial charge is 0.244 e. The molecule has 0 aliphatic carbocycles. The van der Waals surface area contributed by atoms with Crippen LogP contribution in [0.15, 0.2) is 30.5 Å². The molecule has 25 heavy (non-hydrogen) atoms. The number of nitrogens with one attached hydrogen (secondary N) is 1. The Morgan fingerprint density at radius 2 is 2.04 bits per heavy atom. The number of methoxy groups -OCH3 is 1. The lowest BCUT2D eigenvalue weighted by molar-refractivity contribution is 0.270. The topological polar surface area (TPSA) is 66.4 Å². The van der Waals surface area contributed by atoms with Gasteiger partial charge in [-0.15, -0.1) is 5.10 Å². The average molecular weight is 342 g/mol. The summed E-state index contributed by atoms with van der Waals surface area (Å²) in [6.07, 6.45) is 2.62. The van der Waals surface area contributed by atoms with E-state index in [9.17, 15) is 0 Å². The SMILES string of the molecule is CCN1CCN(c2cnnc(NCCc3cccc(OC)c3)n2)CC1. The minimum Gasteiger partial charge on any atom is -0.497 e. The molecule has 0 unspecified atom stereocenters. The number of anilines is 2. The van der Waals surface area contributed by atoms with Gasteiger partial charge in [0.1, 0.15) is 5.75 Å². The van der Waals surface area contributed by atoms with Crippen molar-refractivity contribution >= 4 is 11.8 Å². The Morgan fingerprint density at radius 1 is 1.20 bits per heavy atom. The zero-order valence-corrected chi connectivity index (χ0v) is 15.0. The predicted octanol–water partition coefficient (Wildman–Crippen LogP) is 1.68. The standard InChI is InChI=1S/C18H26N6O/c1-3-23-9-11-24(12-10-23)17-14-20-22-18(21-17)19-8-7-15-5-4-6-16(13-15)25-2/h4-6,13-14H,3,7-12H2,1-2H3,(H,19,21,22). The molecule has 1 aromatic carbocycles. The van der Waals surface area contributed by atoms with Crippen LogP contribution in [0.3, 0.4) is 0 Å². The molecular weight excluding hydrogens is 316 g/mol. The number of hydrogen-bond donors (Lipinski definition) is 1. The van der Waals surface area contributed by atoms with Crippen LogP contribution in [0.2, 0.25) is 0 Å². The molecule has 7 nitrogen and oxygen atoms in total. The molecule has 0 atom stereocenters. The molecule has 2 heterocycles. The van der Waals surface area contributed by atoms with E-state index in [2.05, 4.69) is 43.3 Å². The highest BCUT2D eigenvalue weighted by molar-refractivity contribution is 5.41. The van der Waals surface area contributed by atoms with Crippen molar-refractivity contribution in [3.63, 3.8) is 0 Å². The molecule has 134 valence electrons. The van der Waals surface area contributed by atoms with Gasteiger partial charge < -0.3 is 19.9 Å². The first-order valence-corrected chi connectivity index (χ1v) is 8.82. The van der Waals surface area contributed by atoms with Crippen LogP contribution < -0.4 is 15.0 Å². The van der Waals surface area contributed by atoms with Gasteiger partial charge in [0.2, 0.25) is 5.95 Å². The van der Waals surface area contributed by atoms with Gasteiger partial charge in [0, 0.05) is 32.7 Å². The van der Waals surface area contributed by atoms with Crippen molar-refractivity contribution in [3.8, 4) is 5.75 Å². The molecule has 1 N–H and O–H groups in total. The van der Waals surface area contributed by atoms with Crippen molar-refractivity contribution in [3.05, 3.63) is 36.0 Å². The summed E-state index contributed by atoms with van der Waals surface area (Å²) in [5.74, 6) is 2.36. The summed E-state index contributed by atoms with van der Waals surface area (Å²) >= 11 is 0. The molecule has 1 fully saturated rings. The van der Waals surface area contributed by atoms with E-state index >= 15 is 0 Å². The molecule has 1 aromatic heterocycles. The van der Waals surface area contributed by atoms with Crippen LogP contribution in [0.4, 0.5) is 11.8 Å². The van der Waals surface area contributed by atoms with Gasteiger partial charge in [-0.3, -0.25) is 0 Å². The maximum atomic E-state index is 5.25. The molecular formula is C18H26N6O. The number of aromatic nitrogens is 3. The van der Waals surface area contributed by atoms with Crippen LogP contribution >= 0.6 is 0 Å². The zero-order chi connectivity index (χ0) is 17.5. The normalized spacial score (nSPS) is 15.2. The van der Waals surface area contributed by atoms with Crippen molar-refractivity contribution in [2.45, 2.75) is 13.3 Å². The third-order valence-corrected chi connectivity index (χ3v) is 4.52. The molecule has 0 radical (unpaired) electrons. The summed E-state index contributed by atoms with van der Waals surface area (Å²) in [6, 6.07) is 8.09. The number of hydrogen-bond acceptors (Lipinski definition) is 7. The molecule has 0 saturated carbocycles. The van der Waals surface area contributed by atoms with Crippen LogP contribution in [0, 0.1) is 0 Å². The van der Waals surface area contributed by atoms with Gasteiger partial charge >= 0.3 is 0 Å². The quantitative estimate of drug-likeness (QED) is 0.821. The Morgan fingerprint density at radius 3 is 2.80 bits per heavy atom. The van der Waals surface area contributed by atoms with E-state index in [1.165, 1.54) is 5.56 Å². The van der Waals surface area contributed by atoms with Crippen molar-refractivity contribution < 1.29 is 4.74 Å². The minimum absolute atomic E-state index is 0.582. The average Bonchev–Trinajstić information content (AvgIpc) is 2.68.